The zero-order chi connectivity index (χ0) is 17.2. The summed E-state index contributed by atoms with van der Waals surface area (Å²) in [5.74, 6) is 1.31. The number of amides is 1. The fourth-order valence-corrected chi connectivity index (χ4v) is 2.60. The van der Waals surface area contributed by atoms with Crippen molar-refractivity contribution in [3.8, 4) is 23.0 Å². The molecule has 0 unspecified atom stereocenters. The van der Waals surface area contributed by atoms with Gasteiger partial charge in [0.1, 0.15) is 0 Å². The van der Waals surface area contributed by atoms with Gasteiger partial charge in [0.15, 0.2) is 11.5 Å². The monoisotopic (exact) mass is 357 g/mol. The van der Waals surface area contributed by atoms with Gasteiger partial charge in [0.05, 0.1) is 6.42 Å². The molecule has 0 bridgehead atoms. The Kier molecular flexibility index (Phi) is 3.99. The number of nitrogens with one attached hydrogen (secondary N) is 1. The minimum Gasteiger partial charge on any atom is -0.454 e. The molecule has 0 spiro atoms. The lowest BCUT2D eigenvalue weighted by Gasteiger charge is -2.02. The van der Waals surface area contributed by atoms with Crippen molar-refractivity contribution in [2.45, 2.75) is 6.42 Å². The van der Waals surface area contributed by atoms with E-state index in [4.69, 9.17) is 25.5 Å². The molecule has 0 saturated heterocycles. The molecule has 1 amide bonds. The Balaban J connectivity index is 1.43. The Bertz CT molecular complexity index is 941. The number of rotatable bonds is 4. The predicted octanol–water partition coefficient (Wildman–Crippen LogP) is 3.30. The third-order valence-corrected chi connectivity index (χ3v) is 3.78. The van der Waals surface area contributed by atoms with Gasteiger partial charge in [-0.05, 0) is 35.9 Å². The second-order valence-electron chi connectivity index (χ2n) is 5.34. The third kappa shape index (κ3) is 3.41. The molecule has 2 heterocycles. The first-order chi connectivity index (χ1) is 12.2. The van der Waals surface area contributed by atoms with Crippen LogP contribution in [0.3, 0.4) is 0 Å². The van der Waals surface area contributed by atoms with Crippen molar-refractivity contribution < 1.29 is 18.7 Å². The van der Waals surface area contributed by atoms with Crippen LogP contribution in [0.4, 0.5) is 6.01 Å². The molecule has 4 rings (SSSR count). The molecule has 1 aromatic heterocycles. The van der Waals surface area contributed by atoms with Crippen LogP contribution in [0.15, 0.2) is 46.9 Å². The minimum atomic E-state index is -0.278. The van der Waals surface area contributed by atoms with Crippen LogP contribution in [0.2, 0.25) is 5.02 Å². The molecule has 0 aliphatic carbocycles. The molecule has 0 saturated carbocycles. The Hall–Kier alpha value is -3.06. The molecule has 2 aromatic carbocycles. The molecule has 7 nitrogen and oxygen atoms in total. The van der Waals surface area contributed by atoms with Crippen LogP contribution in [-0.2, 0) is 11.2 Å². The maximum atomic E-state index is 12.1. The van der Waals surface area contributed by atoms with Crippen molar-refractivity contribution in [2.75, 3.05) is 12.1 Å². The fourth-order valence-electron chi connectivity index (χ4n) is 2.41. The lowest BCUT2D eigenvalue weighted by atomic mass is 10.1. The third-order valence-electron chi connectivity index (χ3n) is 3.54. The summed E-state index contributed by atoms with van der Waals surface area (Å²) in [5.41, 5.74) is 1.47. The number of benzene rings is 2. The van der Waals surface area contributed by atoms with E-state index >= 15 is 0 Å². The number of carbonyl (C=O) groups excluding carboxylic acids is 1. The maximum absolute atomic E-state index is 12.1. The molecule has 25 heavy (non-hydrogen) atoms. The van der Waals surface area contributed by atoms with Gasteiger partial charge in [-0.25, -0.2) is 0 Å². The van der Waals surface area contributed by atoms with Crippen LogP contribution in [0.5, 0.6) is 11.5 Å². The first-order valence-corrected chi connectivity index (χ1v) is 7.83. The number of anilines is 1. The first-order valence-electron chi connectivity index (χ1n) is 7.45. The van der Waals surface area contributed by atoms with Gasteiger partial charge in [-0.1, -0.05) is 28.8 Å². The summed E-state index contributed by atoms with van der Waals surface area (Å²) < 4.78 is 16.0. The summed E-state index contributed by atoms with van der Waals surface area (Å²) in [4.78, 5) is 12.1. The minimum absolute atomic E-state index is 0.0284. The van der Waals surface area contributed by atoms with Crippen molar-refractivity contribution >= 4 is 23.5 Å². The second kappa shape index (κ2) is 6.45. The molecule has 1 aliphatic heterocycles. The topological polar surface area (TPSA) is 86.5 Å². The molecule has 3 aromatic rings. The Morgan fingerprint density at radius 3 is 2.88 bits per heavy atom. The SMILES string of the molecule is O=C(Cc1ccc2c(c1)OCO2)Nc1nnc(-c2cccc(Cl)c2)o1. The number of ether oxygens (including phenoxy) is 2. The molecule has 1 N–H and O–H groups in total. The zero-order valence-electron chi connectivity index (χ0n) is 12.9. The van der Waals surface area contributed by atoms with Gasteiger partial charge in [-0.3, -0.25) is 10.1 Å². The highest BCUT2D eigenvalue weighted by Crippen LogP contribution is 2.32. The van der Waals surface area contributed by atoms with Gasteiger partial charge in [0.25, 0.3) is 0 Å². The maximum Gasteiger partial charge on any atom is 0.322 e. The van der Waals surface area contributed by atoms with Crippen molar-refractivity contribution in [2.24, 2.45) is 0 Å². The quantitative estimate of drug-likeness (QED) is 0.771. The van der Waals surface area contributed by atoms with Crippen molar-refractivity contribution in [3.63, 3.8) is 0 Å². The number of hydrogen-bond donors (Lipinski definition) is 1. The van der Waals surface area contributed by atoms with Crippen LogP contribution in [-0.4, -0.2) is 22.9 Å². The highest BCUT2D eigenvalue weighted by atomic mass is 35.5. The van der Waals surface area contributed by atoms with Crippen LogP contribution < -0.4 is 14.8 Å². The Labute approximate surface area is 147 Å². The first kappa shape index (κ1) is 15.5. The number of halogens is 1. The van der Waals surface area contributed by atoms with Crippen molar-refractivity contribution in [1.82, 2.24) is 10.2 Å². The molecule has 0 radical (unpaired) electrons. The summed E-state index contributed by atoms with van der Waals surface area (Å²) in [6.45, 7) is 0.194. The molecule has 0 fully saturated rings. The molecular formula is C17H12ClN3O4. The number of carbonyl (C=O) groups is 1. The number of hydrogen-bond acceptors (Lipinski definition) is 6. The van der Waals surface area contributed by atoms with Crippen molar-refractivity contribution in [1.29, 1.82) is 0 Å². The Morgan fingerprint density at radius 1 is 1.12 bits per heavy atom. The average Bonchev–Trinajstić information content (AvgIpc) is 3.23. The van der Waals surface area contributed by atoms with E-state index in [0.29, 0.717) is 22.1 Å². The van der Waals surface area contributed by atoms with E-state index in [1.165, 1.54) is 0 Å². The van der Waals surface area contributed by atoms with E-state index in [1.807, 2.05) is 0 Å². The predicted molar refractivity (Wildman–Crippen MR) is 89.6 cm³/mol. The average molecular weight is 358 g/mol. The largest absolute Gasteiger partial charge is 0.454 e. The molecule has 8 heteroatoms. The Morgan fingerprint density at radius 2 is 2.00 bits per heavy atom. The van der Waals surface area contributed by atoms with Crippen LogP contribution in [0.1, 0.15) is 5.56 Å². The van der Waals surface area contributed by atoms with Gasteiger partial charge >= 0.3 is 6.01 Å². The summed E-state index contributed by atoms with van der Waals surface area (Å²) in [6.07, 6.45) is 0.144. The lowest BCUT2D eigenvalue weighted by Crippen LogP contribution is -2.14. The number of nitrogens with zero attached hydrogens (tertiary/aromatic N) is 2. The van der Waals surface area contributed by atoms with E-state index in [0.717, 1.165) is 5.56 Å². The van der Waals surface area contributed by atoms with Gasteiger partial charge in [0.2, 0.25) is 18.6 Å². The number of fused-ring (bicyclic) bond motifs is 1. The summed E-state index contributed by atoms with van der Waals surface area (Å²) in [5, 5.41) is 10.9. The molecular weight excluding hydrogens is 346 g/mol. The van der Waals surface area contributed by atoms with Crippen LogP contribution in [0, 0.1) is 0 Å². The standard InChI is InChI=1S/C17H12ClN3O4/c18-12-3-1-2-11(8-12)16-20-21-17(25-16)19-15(22)7-10-4-5-13-14(6-10)24-9-23-13/h1-6,8H,7,9H2,(H,19,21,22). The highest BCUT2D eigenvalue weighted by molar-refractivity contribution is 6.30. The van der Waals surface area contributed by atoms with Crippen LogP contribution in [0.25, 0.3) is 11.5 Å². The van der Waals surface area contributed by atoms with E-state index in [2.05, 4.69) is 15.5 Å². The van der Waals surface area contributed by atoms with E-state index in [9.17, 15) is 4.79 Å². The summed E-state index contributed by atoms with van der Waals surface area (Å²) >= 11 is 5.94. The smallest absolute Gasteiger partial charge is 0.322 e. The normalized spacial score (nSPS) is 12.2. The van der Waals surface area contributed by atoms with Gasteiger partial charge in [-0.15, -0.1) is 5.10 Å². The van der Waals surface area contributed by atoms with Gasteiger partial charge < -0.3 is 13.9 Å². The summed E-state index contributed by atoms with van der Waals surface area (Å²) in [7, 11) is 0. The lowest BCUT2D eigenvalue weighted by molar-refractivity contribution is -0.115. The number of aromatic nitrogens is 2. The molecule has 1 aliphatic rings. The van der Waals surface area contributed by atoms with E-state index < -0.39 is 0 Å². The van der Waals surface area contributed by atoms with Crippen LogP contribution >= 0.6 is 11.6 Å². The second-order valence-corrected chi connectivity index (χ2v) is 5.77. The zero-order valence-corrected chi connectivity index (χ0v) is 13.6. The summed E-state index contributed by atoms with van der Waals surface area (Å²) in [6, 6.07) is 12.4. The van der Waals surface area contributed by atoms with Gasteiger partial charge in [0, 0.05) is 10.6 Å². The molecule has 126 valence electrons. The fraction of sp³-hybridized carbons (Fsp3) is 0.118. The molecule has 0 atom stereocenters. The van der Waals surface area contributed by atoms with E-state index in [1.54, 1.807) is 42.5 Å². The van der Waals surface area contributed by atoms with Gasteiger partial charge in [-0.2, -0.15) is 0 Å². The van der Waals surface area contributed by atoms with E-state index in [-0.39, 0.29) is 31.0 Å². The van der Waals surface area contributed by atoms with Crippen molar-refractivity contribution in [3.05, 3.63) is 53.1 Å². The highest BCUT2D eigenvalue weighted by Gasteiger charge is 2.16.